The minimum Gasteiger partial charge on any atom is -0.0967 e. The van der Waals surface area contributed by atoms with E-state index in [9.17, 15) is 0 Å². The van der Waals surface area contributed by atoms with Crippen LogP contribution in [0.5, 0.6) is 0 Å². The van der Waals surface area contributed by atoms with Crippen molar-refractivity contribution in [3.8, 4) is 0 Å². The van der Waals surface area contributed by atoms with E-state index in [-0.39, 0.29) is 14.1 Å². The average molecular weight is 276 g/mol. The minimum absolute atomic E-state index is 0.283. The molecule has 2 aliphatic carbocycles. The first-order valence-electron chi connectivity index (χ1n) is 8.99. The van der Waals surface area contributed by atoms with Gasteiger partial charge in [0.25, 0.3) is 14.1 Å². The smallest absolute Gasteiger partial charge is 0.0967 e. The Bertz CT molecular complexity index is 327. The van der Waals surface area contributed by atoms with Crippen molar-refractivity contribution >= 4 is 14.1 Å². The van der Waals surface area contributed by atoms with E-state index in [2.05, 4.69) is 27.7 Å². The zero-order chi connectivity index (χ0) is 13.7. The Balaban J connectivity index is 1.71. The summed E-state index contributed by atoms with van der Waals surface area (Å²) in [7, 11) is 0. The molecule has 0 aromatic carbocycles. The molecule has 0 nitrogen and oxygen atoms in total. The summed E-state index contributed by atoms with van der Waals surface area (Å²) < 4.78 is 0. The maximum atomic E-state index is 2.52. The van der Waals surface area contributed by atoms with Crippen LogP contribution in [-0.4, -0.2) is 14.1 Å². The van der Waals surface area contributed by atoms with Gasteiger partial charge in [-0.05, 0) is 54.3 Å². The summed E-state index contributed by atoms with van der Waals surface area (Å²) in [4.78, 5) is 0. The molecule has 108 valence electrons. The summed E-state index contributed by atoms with van der Waals surface area (Å²) in [6, 6.07) is 0. The van der Waals surface area contributed by atoms with E-state index in [4.69, 9.17) is 0 Å². The van der Waals surface area contributed by atoms with Gasteiger partial charge < -0.3 is 0 Å². The molecule has 1 heterocycles. The summed E-state index contributed by atoms with van der Waals surface area (Å²) in [5.74, 6) is 2.98. The summed E-state index contributed by atoms with van der Waals surface area (Å²) in [6.45, 7) is 9.96. The Morgan fingerprint density at radius 2 is 1.95 bits per heavy atom. The highest BCUT2D eigenvalue weighted by Gasteiger charge is 2.60. The van der Waals surface area contributed by atoms with Gasteiger partial charge >= 0.3 is 0 Å². The fourth-order valence-corrected chi connectivity index (χ4v) is 10.2. The average Bonchev–Trinajstić information content (AvgIpc) is 2.72. The van der Waals surface area contributed by atoms with Crippen LogP contribution in [0.3, 0.4) is 0 Å². The van der Waals surface area contributed by atoms with Gasteiger partial charge in [0, 0.05) is 0 Å². The minimum atomic E-state index is -0.283. The fourth-order valence-electron chi connectivity index (χ4n) is 6.60. The van der Waals surface area contributed by atoms with Gasteiger partial charge in [-0.3, -0.25) is 0 Å². The van der Waals surface area contributed by atoms with E-state index in [0.717, 1.165) is 28.6 Å². The SMILES string of the molecule is C[CH2][Al]1[CH2]CC2([CH2]1)CC1(C[C@H](C)CC[C@H]1C(C)C)C2. The molecular weight excluding hydrogens is 243 g/mol. The molecule has 1 heteroatoms. The van der Waals surface area contributed by atoms with Crippen LogP contribution in [0.15, 0.2) is 0 Å². The largest absolute Gasteiger partial charge is 0.262 e. The van der Waals surface area contributed by atoms with Crippen molar-refractivity contribution in [2.75, 3.05) is 0 Å². The van der Waals surface area contributed by atoms with Gasteiger partial charge in [0.05, 0.1) is 0 Å². The van der Waals surface area contributed by atoms with Crippen molar-refractivity contribution < 1.29 is 0 Å². The van der Waals surface area contributed by atoms with E-state index in [1.807, 2.05) is 0 Å². The number of rotatable bonds is 2. The third-order valence-electron chi connectivity index (χ3n) is 7.15. The van der Waals surface area contributed by atoms with Gasteiger partial charge in [0.2, 0.25) is 0 Å². The second-order valence-electron chi connectivity index (χ2n) is 8.97. The van der Waals surface area contributed by atoms with Gasteiger partial charge in [-0.1, -0.05) is 56.4 Å². The van der Waals surface area contributed by atoms with Gasteiger partial charge in [-0.2, -0.15) is 0 Å². The highest BCUT2D eigenvalue weighted by molar-refractivity contribution is 6.59. The van der Waals surface area contributed by atoms with E-state index in [1.165, 1.54) is 12.8 Å². The molecule has 3 fully saturated rings. The molecule has 2 atom stereocenters. The van der Waals surface area contributed by atoms with Gasteiger partial charge in [0.1, 0.15) is 0 Å². The lowest BCUT2D eigenvalue weighted by atomic mass is 9.42. The Morgan fingerprint density at radius 1 is 1.21 bits per heavy atom. The third kappa shape index (κ3) is 2.44. The fraction of sp³-hybridized carbons (Fsp3) is 1.00. The van der Waals surface area contributed by atoms with Crippen LogP contribution in [0.2, 0.25) is 15.8 Å². The van der Waals surface area contributed by atoms with Gasteiger partial charge in [-0.15, -0.1) is 0 Å². The molecule has 1 saturated heterocycles. The highest BCUT2D eigenvalue weighted by Crippen LogP contribution is 2.70. The van der Waals surface area contributed by atoms with Crippen LogP contribution in [0.1, 0.15) is 66.2 Å². The monoisotopic (exact) mass is 276 g/mol. The normalized spacial score (nSPS) is 46.3. The Hall–Kier alpha value is 0.532. The molecule has 19 heavy (non-hydrogen) atoms. The van der Waals surface area contributed by atoms with Gasteiger partial charge in [-0.25, -0.2) is 0 Å². The second-order valence-corrected chi connectivity index (χ2v) is 12.5. The maximum Gasteiger partial charge on any atom is 0.262 e. The predicted octanol–water partition coefficient (Wildman–Crippen LogP) is 5.76. The van der Waals surface area contributed by atoms with Crippen molar-refractivity contribution in [3.63, 3.8) is 0 Å². The molecule has 1 aliphatic heterocycles. The van der Waals surface area contributed by atoms with Crippen LogP contribution in [0, 0.1) is 28.6 Å². The first-order chi connectivity index (χ1) is 8.99. The maximum absolute atomic E-state index is 2.52. The van der Waals surface area contributed by atoms with E-state index < -0.39 is 0 Å². The molecule has 2 saturated carbocycles. The van der Waals surface area contributed by atoms with E-state index in [1.54, 1.807) is 41.5 Å². The zero-order valence-corrected chi connectivity index (χ0v) is 14.8. The highest BCUT2D eigenvalue weighted by atomic mass is 27.2. The Morgan fingerprint density at radius 3 is 2.53 bits per heavy atom. The van der Waals surface area contributed by atoms with Crippen molar-refractivity contribution in [2.45, 2.75) is 82.1 Å². The van der Waals surface area contributed by atoms with Crippen molar-refractivity contribution in [1.29, 1.82) is 0 Å². The Kier molecular flexibility index (Phi) is 3.86. The molecule has 0 N–H and O–H groups in total. The Labute approximate surface area is 125 Å². The van der Waals surface area contributed by atoms with Crippen LogP contribution < -0.4 is 0 Å². The topological polar surface area (TPSA) is 0 Å². The summed E-state index contributed by atoms with van der Waals surface area (Å²) >= 11 is -0.283. The molecule has 0 amide bonds. The summed E-state index contributed by atoms with van der Waals surface area (Å²) in [5.41, 5.74) is 1.67. The van der Waals surface area contributed by atoms with Gasteiger partial charge in [0.15, 0.2) is 0 Å². The lowest BCUT2D eigenvalue weighted by molar-refractivity contribution is -0.120. The molecule has 0 bridgehead atoms. The van der Waals surface area contributed by atoms with E-state index >= 15 is 0 Å². The number of hydrogen-bond donors (Lipinski definition) is 0. The van der Waals surface area contributed by atoms with Crippen LogP contribution in [-0.2, 0) is 0 Å². The molecular formula is C18H33Al. The molecule has 0 aromatic rings. The zero-order valence-electron chi connectivity index (χ0n) is 13.7. The predicted molar refractivity (Wildman–Crippen MR) is 85.9 cm³/mol. The van der Waals surface area contributed by atoms with E-state index in [0.29, 0.717) is 0 Å². The molecule has 2 spiro atoms. The van der Waals surface area contributed by atoms with Crippen molar-refractivity contribution in [3.05, 3.63) is 0 Å². The molecule has 3 aliphatic rings. The lowest BCUT2D eigenvalue weighted by Crippen LogP contribution is -2.53. The van der Waals surface area contributed by atoms with Crippen molar-refractivity contribution in [1.82, 2.24) is 0 Å². The second kappa shape index (κ2) is 5.07. The first-order valence-corrected chi connectivity index (χ1v) is 11.4. The molecule has 0 unspecified atom stereocenters. The number of hydrogen-bond acceptors (Lipinski definition) is 0. The molecule has 0 radical (unpaired) electrons. The first kappa shape index (κ1) is 14.5. The van der Waals surface area contributed by atoms with Crippen molar-refractivity contribution in [2.24, 2.45) is 28.6 Å². The standard InChI is InChI=1S/C16H28.C2H5.Al/c1-6-15(5)10-16(11-15)9-13(4)7-8-14(16)12(2)3;1-2;/h12-14H,1,5-11H2,2-4H3;1H2,2H3;/t13-,14+,15?,16?;;/m1../s1. The third-order valence-corrected chi connectivity index (χ3v) is 10.9. The summed E-state index contributed by atoms with van der Waals surface area (Å²) in [6.07, 6.45) is 9.50. The van der Waals surface area contributed by atoms with Crippen LogP contribution in [0.4, 0.5) is 0 Å². The molecule has 0 aromatic heterocycles. The summed E-state index contributed by atoms with van der Waals surface area (Å²) in [5, 5.41) is 4.96. The molecule has 3 rings (SSSR count). The quantitative estimate of drug-likeness (QED) is 0.562. The van der Waals surface area contributed by atoms with Crippen LogP contribution in [0.25, 0.3) is 0 Å². The van der Waals surface area contributed by atoms with Crippen LogP contribution >= 0.6 is 0 Å². The lowest BCUT2D eigenvalue weighted by Gasteiger charge is -2.63.